The molecule has 0 bridgehead atoms. The van der Waals surface area contributed by atoms with Crippen molar-refractivity contribution >= 4 is 5.91 Å². The lowest BCUT2D eigenvalue weighted by atomic mass is 9.98. The van der Waals surface area contributed by atoms with Gasteiger partial charge in [0.25, 0.3) is 5.91 Å². The van der Waals surface area contributed by atoms with Crippen LogP contribution in [0, 0.1) is 29.1 Å². The summed E-state index contributed by atoms with van der Waals surface area (Å²) in [5.41, 5.74) is -0.500. The number of carbonyl (C=O) groups excluding carboxylic acids is 1. The van der Waals surface area contributed by atoms with Gasteiger partial charge in [0, 0.05) is 0 Å². The van der Waals surface area contributed by atoms with Crippen molar-refractivity contribution in [2.24, 2.45) is 0 Å². The monoisotopic (exact) mass is 407 g/mol. The van der Waals surface area contributed by atoms with Gasteiger partial charge in [0.1, 0.15) is 11.3 Å². The molecule has 0 fully saturated rings. The molecule has 0 aliphatic carbocycles. The lowest BCUT2D eigenvalue weighted by molar-refractivity contribution is 0.0931. The van der Waals surface area contributed by atoms with Gasteiger partial charge in [0.05, 0.1) is 13.2 Å². The number of benzene rings is 3. The summed E-state index contributed by atoms with van der Waals surface area (Å²) >= 11 is 0. The Kier molecular flexibility index (Phi) is 5.81. The van der Waals surface area contributed by atoms with Crippen molar-refractivity contribution in [3.63, 3.8) is 0 Å². The van der Waals surface area contributed by atoms with Crippen molar-refractivity contribution in [1.82, 2.24) is 5.32 Å². The first-order chi connectivity index (χ1) is 13.8. The second-order valence-electron chi connectivity index (χ2n) is 6.04. The minimum Gasteiger partial charge on any atom is -0.497 e. The lowest BCUT2D eigenvalue weighted by Crippen LogP contribution is -2.31. The van der Waals surface area contributed by atoms with E-state index in [-0.39, 0.29) is 0 Å². The van der Waals surface area contributed by atoms with Crippen LogP contribution in [0.25, 0.3) is 0 Å². The number of carbonyl (C=O) groups is 1. The van der Waals surface area contributed by atoms with E-state index >= 15 is 0 Å². The Morgan fingerprint density at radius 1 is 0.759 bits per heavy atom. The number of methoxy groups -OCH3 is 1. The van der Waals surface area contributed by atoms with Crippen LogP contribution in [0.4, 0.5) is 22.0 Å². The van der Waals surface area contributed by atoms with Crippen molar-refractivity contribution in [3.8, 4) is 5.75 Å². The van der Waals surface area contributed by atoms with Gasteiger partial charge in [-0.25, -0.2) is 22.0 Å². The van der Waals surface area contributed by atoms with Crippen molar-refractivity contribution in [1.29, 1.82) is 0 Å². The van der Waals surface area contributed by atoms with Crippen molar-refractivity contribution < 1.29 is 31.5 Å². The molecule has 0 saturated heterocycles. The summed E-state index contributed by atoms with van der Waals surface area (Å²) in [6, 6.07) is 13.9. The summed E-state index contributed by atoms with van der Waals surface area (Å²) in [6.07, 6.45) is 0. The number of nitrogens with one attached hydrogen (secondary N) is 1. The van der Waals surface area contributed by atoms with Crippen LogP contribution >= 0.6 is 0 Å². The third kappa shape index (κ3) is 3.91. The smallest absolute Gasteiger partial charge is 0.258 e. The zero-order chi connectivity index (χ0) is 21.1. The maximum atomic E-state index is 14.0. The molecule has 1 unspecified atom stereocenters. The Hall–Kier alpha value is -3.42. The summed E-state index contributed by atoms with van der Waals surface area (Å²) in [6.45, 7) is 0. The van der Waals surface area contributed by atoms with Crippen LogP contribution in [-0.2, 0) is 0 Å². The van der Waals surface area contributed by atoms with Crippen molar-refractivity contribution in [2.45, 2.75) is 6.04 Å². The predicted molar refractivity (Wildman–Crippen MR) is 95.0 cm³/mol. The molecule has 1 N–H and O–H groups in total. The molecular formula is C21H14F5NO2. The highest BCUT2D eigenvalue weighted by molar-refractivity contribution is 5.95. The second-order valence-corrected chi connectivity index (χ2v) is 6.04. The Morgan fingerprint density at radius 3 is 1.76 bits per heavy atom. The third-order valence-electron chi connectivity index (χ3n) is 4.29. The van der Waals surface area contributed by atoms with Gasteiger partial charge in [-0.05, 0) is 23.3 Å². The lowest BCUT2D eigenvalue weighted by Gasteiger charge is -2.21. The summed E-state index contributed by atoms with van der Waals surface area (Å²) in [4.78, 5) is 12.5. The van der Waals surface area contributed by atoms with Crippen LogP contribution in [0.2, 0.25) is 0 Å². The maximum absolute atomic E-state index is 14.0. The molecule has 0 heterocycles. The van der Waals surface area contributed by atoms with Gasteiger partial charge in [0.2, 0.25) is 5.82 Å². The summed E-state index contributed by atoms with van der Waals surface area (Å²) in [5.74, 6) is -12.0. The minimum atomic E-state index is -2.33. The molecule has 0 aromatic heterocycles. The fraction of sp³-hybridized carbons (Fsp3) is 0.0952. The molecule has 3 aromatic rings. The molecule has 0 spiro atoms. The van der Waals surface area contributed by atoms with Gasteiger partial charge in [0.15, 0.2) is 23.3 Å². The van der Waals surface area contributed by atoms with E-state index < -0.39 is 46.6 Å². The van der Waals surface area contributed by atoms with Gasteiger partial charge in [-0.3, -0.25) is 4.79 Å². The Morgan fingerprint density at radius 2 is 1.24 bits per heavy atom. The Labute approximate surface area is 162 Å². The number of amides is 1. The highest BCUT2D eigenvalue weighted by Gasteiger charge is 2.31. The number of ether oxygens (including phenoxy) is 1. The highest BCUT2D eigenvalue weighted by Crippen LogP contribution is 2.27. The normalized spacial score (nSPS) is 11.8. The average Bonchev–Trinajstić information content (AvgIpc) is 2.75. The zero-order valence-electron chi connectivity index (χ0n) is 15.0. The first kappa shape index (κ1) is 20.3. The SMILES string of the molecule is COc1ccc(C(NC(=O)c2c(F)c(F)c(F)c(F)c2F)c2ccccc2)cc1. The zero-order valence-corrected chi connectivity index (χ0v) is 15.0. The van der Waals surface area contributed by atoms with Gasteiger partial charge in [-0.1, -0.05) is 42.5 Å². The van der Waals surface area contributed by atoms with Gasteiger partial charge >= 0.3 is 0 Å². The van der Waals surface area contributed by atoms with Gasteiger partial charge in [-0.2, -0.15) is 0 Å². The average molecular weight is 407 g/mol. The molecule has 8 heteroatoms. The molecule has 0 aliphatic heterocycles. The molecule has 1 atom stereocenters. The van der Waals surface area contributed by atoms with Gasteiger partial charge in [-0.15, -0.1) is 0 Å². The third-order valence-corrected chi connectivity index (χ3v) is 4.29. The quantitative estimate of drug-likeness (QED) is 0.371. The molecular weight excluding hydrogens is 393 g/mol. The van der Waals surface area contributed by atoms with Crippen LogP contribution < -0.4 is 10.1 Å². The number of rotatable bonds is 5. The van der Waals surface area contributed by atoms with Crippen LogP contribution in [0.15, 0.2) is 54.6 Å². The number of hydrogen-bond donors (Lipinski definition) is 1. The topological polar surface area (TPSA) is 38.3 Å². The van der Waals surface area contributed by atoms with E-state index in [0.717, 1.165) is 0 Å². The predicted octanol–water partition coefficient (Wildman–Crippen LogP) is 4.91. The fourth-order valence-electron chi connectivity index (χ4n) is 2.81. The summed E-state index contributed by atoms with van der Waals surface area (Å²) < 4.78 is 73.3. The molecule has 3 aromatic carbocycles. The fourth-order valence-corrected chi connectivity index (χ4v) is 2.81. The molecule has 29 heavy (non-hydrogen) atoms. The Balaban J connectivity index is 2.04. The van der Waals surface area contributed by atoms with E-state index in [1.165, 1.54) is 7.11 Å². The van der Waals surface area contributed by atoms with Crippen LogP contribution in [0.5, 0.6) is 5.75 Å². The maximum Gasteiger partial charge on any atom is 0.258 e. The van der Waals surface area contributed by atoms with E-state index in [1.807, 2.05) is 0 Å². The van der Waals surface area contributed by atoms with E-state index in [2.05, 4.69) is 5.32 Å². The van der Waals surface area contributed by atoms with E-state index in [0.29, 0.717) is 16.9 Å². The van der Waals surface area contributed by atoms with Crippen molar-refractivity contribution in [3.05, 3.63) is 100 Å². The van der Waals surface area contributed by atoms with E-state index in [4.69, 9.17) is 4.74 Å². The molecule has 0 radical (unpaired) electrons. The summed E-state index contributed by atoms with van der Waals surface area (Å²) in [5, 5.41) is 2.34. The van der Waals surface area contributed by atoms with Crippen LogP contribution in [0.1, 0.15) is 27.5 Å². The Bertz CT molecular complexity index is 1010. The molecule has 1 amide bonds. The summed E-state index contributed by atoms with van der Waals surface area (Å²) in [7, 11) is 1.47. The number of hydrogen-bond acceptors (Lipinski definition) is 2. The molecule has 3 nitrogen and oxygen atoms in total. The largest absolute Gasteiger partial charge is 0.497 e. The van der Waals surface area contributed by atoms with E-state index in [1.54, 1.807) is 54.6 Å². The first-order valence-electron chi connectivity index (χ1n) is 8.36. The standard InChI is InChI=1S/C21H14F5NO2/c1-29-13-9-7-12(8-10-13)20(11-5-3-2-4-6-11)27-21(28)14-15(22)17(24)19(26)18(25)16(14)23/h2-10,20H,1H3,(H,27,28). The second kappa shape index (κ2) is 8.30. The molecule has 0 saturated carbocycles. The molecule has 3 rings (SSSR count). The van der Waals surface area contributed by atoms with E-state index in [9.17, 15) is 26.7 Å². The van der Waals surface area contributed by atoms with Crippen LogP contribution in [-0.4, -0.2) is 13.0 Å². The van der Waals surface area contributed by atoms with Crippen molar-refractivity contribution in [2.75, 3.05) is 7.11 Å². The highest BCUT2D eigenvalue weighted by atomic mass is 19.2. The molecule has 150 valence electrons. The van der Waals surface area contributed by atoms with Crippen LogP contribution in [0.3, 0.4) is 0 Å². The number of halogens is 5. The first-order valence-corrected chi connectivity index (χ1v) is 8.36. The molecule has 0 aliphatic rings. The minimum absolute atomic E-state index is 0.509. The van der Waals surface area contributed by atoms with Gasteiger partial charge < -0.3 is 10.1 Å².